The molecule has 0 atom stereocenters. The van der Waals surface area contributed by atoms with E-state index in [1.165, 1.54) is 38.6 Å². The second kappa shape index (κ2) is 8.51. The molecule has 0 saturated heterocycles. The third-order valence-electron chi connectivity index (χ3n) is 4.57. The average molecular weight is 375 g/mol. The van der Waals surface area contributed by atoms with E-state index in [9.17, 15) is 8.42 Å². The molecular formula is C19H25N3O3S. The minimum absolute atomic E-state index is 0.148. The molecular weight excluding hydrogens is 350 g/mol. The van der Waals surface area contributed by atoms with E-state index in [-0.39, 0.29) is 4.90 Å². The zero-order chi connectivity index (χ0) is 18.4. The summed E-state index contributed by atoms with van der Waals surface area (Å²) in [5.74, 6) is 1.54. The lowest BCUT2D eigenvalue weighted by Crippen LogP contribution is -2.19. The Morgan fingerprint density at radius 3 is 2.42 bits per heavy atom. The molecule has 1 saturated carbocycles. The smallest absolute Gasteiger partial charge is 0.241 e. The summed E-state index contributed by atoms with van der Waals surface area (Å²) in [6.07, 6.45) is 7.82. The molecule has 3 rings (SSSR count). The van der Waals surface area contributed by atoms with Crippen molar-refractivity contribution in [2.75, 3.05) is 12.4 Å². The van der Waals surface area contributed by atoms with E-state index in [2.05, 4.69) is 15.0 Å². The SMILES string of the molecule is CNS(=O)(=O)c1ccc(NCc2ccc(OC3CCCCC3)cc2)nc1. The van der Waals surface area contributed by atoms with Crippen molar-refractivity contribution in [3.63, 3.8) is 0 Å². The van der Waals surface area contributed by atoms with Gasteiger partial charge in [0.25, 0.3) is 0 Å². The molecule has 2 aromatic rings. The first-order valence-electron chi connectivity index (χ1n) is 8.96. The van der Waals surface area contributed by atoms with Crippen LogP contribution in [-0.4, -0.2) is 26.6 Å². The van der Waals surface area contributed by atoms with Crippen LogP contribution >= 0.6 is 0 Å². The normalized spacial score (nSPS) is 15.6. The Morgan fingerprint density at radius 2 is 1.81 bits per heavy atom. The highest BCUT2D eigenvalue weighted by Gasteiger charge is 2.14. The van der Waals surface area contributed by atoms with Crippen LogP contribution in [0.5, 0.6) is 5.75 Å². The van der Waals surface area contributed by atoms with Gasteiger partial charge >= 0.3 is 0 Å². The molecule has 1 aromatic heterocycles. The fourth-order valence-electron chi connectivity index (χ4n) is 3.02. The number of nitrogens with one attached hydrogen (secondary N) is 2. The summed E-state index contributed by atoms with van der Waals surface area (Å²) in [6.45, 7) is 0.606. The summed E-state index contributed by atoms with van der Waals surface area (Å²) in [5, 5.41) is 3.19. The van der Waals surface area contributed by atoms with Gasteiger partial charge in [0.05, 0.1) is 6.10 Å². The number of pyridine rings is 1. The van der Waals surface area contributed by atoms with E-state index < -0.39 is 10.0 Å². The van der Waals surface area contributed by atoms with Gasteiger partial charge in [0.2, 0.25) is 10.0 Å². The lowest BCUT2D eigenvalue weighted by molar-refractivity contribution is 0.155. The number of ether oxygens (including phenoxy) is 1. The van der Waals surface area contributed by atoms with E-state index in [1.807, 2.05) is 24.3 Å². The quantitative estimate of drug-likeness (QED) is 0.776. The van der Waals surface area contributed by atoms with Crippen molar-refractivity contribution in [1.29, 1.82) is 0 Å². The number of rotatable bonds is 7. The van der Waals surface area contributed by atoms with E-state index in [1.54, 1.807) is 6.07 Å². The molecule has 1 aliphatic rings. The van der Waals surface area contributed by atoms with Gasteiger partial charge in [0, 0.05) is 12.7 Å². The Labute approximate surface area is 155 Å². The summed E-state index contributed by atoms with van der Waals surface area (Å²) in [6, 6.07) is 11.3. The molecule has 1 aliphatic carbocycles. The minimum Gasteiger partial charge on any atom is -0.490 e. The first kappa shape index (κ1) is 18.7. The Bertz CT molecular complexity index is 799. The van der Waals surface area contributed by atoms with E-state index in [0.717, 1.165) is 24.2 Å². The standard InChI is InChI=1S/C19H25N3O3S/c1-20-26(23,24)18-11-12-19(22-14-18)21-13-15-7-9-17(10-8-15)25-16-5-3-2-4-6-16/h7-12,14,16,20H,2-6,13H2,1H3,(H,21,22). The van der Waals surface area contributed by atoms with E-state index in [0.29, 0.717) is 18.5 Å². The van der Waals surface area contributed by atoms with Crippen molar-refractivity contribution < 1.29 is 13.2 Å². The average Bonchev–Trinajstić information content (AvgIpc) is 2.68. The number of benzene rings is 1. The molecule has 1 aromatic carbocycles. The zero-order valence-electron chi connectivity index (χ0n) is 14.9. The third-order valence-corrected chi connectivity index (χ3v) is 5.97. The number of aromatic nitrogens is 1. The van der Waals surface area contributed by atoms with Crippen LogP contribution in [0, 0.1) is 0 Å². The second-order valence-corrected chi connectivity index (χ2v) is 8.35. The lowest BCUT2D eigenvalue weighted by Gasteiger charge is -2.23. The molecule has 0 radical (unpaired) electrons. The van der Waals surface area contributed by atoms with Crippen molar-refractivity contribution >= 4 is 15.8 Å². The molecule has 0 bridgehead atoms. The van der Waals surface area contributed by atoms with Gasteiger partial charge in [0.15, 0.2) is 0 Å². The van der Waals surface area contributed by atoms with Crippen molar-refractivity contribution in [3.05, 3.63) is 48.2 Å². The highest BCUT2D eigenvalue weighted by atomic mass is 32.2. The predicted molar refractivity (Wildman–Crippen MR) is 102 cm³/mol. The maximum Gasteiger partial charge on any atom is 0.241 e. The highest BCUT2D eigenvalue weighted by molar-refractivity contribution is 7.89. The molecule has 140 valence electrons. The maximum absolute atomic E-state index is 11.7. The van der Waals surface area contributed by atoms with Gasteiger partial charge in [-0.05, 0) is 62.6 Å². The Morgan fingerprint density at radius 1 is 1.08 bits per heavy atom. The van der Waals surface area contributed by atoms with Crippen LogP contribution < -0.4 is 14.8 Å². The van der Waals surface area contributed by atoms with Gasteiger partial charge in [-0.25, -0.2) is 18.1 Å². The summed E-state index contributed by atoms with van der Waals surface area (Å²) in [5.41, 5.74) is 1.11. The topological polar surface area (TPSA) is 80.3 Å². The minimum atomic E-state index is -3.45. The number of anilines is 1. The molecule has 6 nitrogen and oxygen atoms in total. The summed E-state index contributed by atoms with van der Waals surface area (Å²) in [7, 11) is -2.08. The van der Waals surface area contributed by atoms with Gasteiger partial charge < -0.3 is 10.1 Å². The predicted octanol–water partition coefficient (Wildman–Crippen LogP) is 3.31. The zero-order valence-corrected chi connectivity index (χ0v) is 15.8. The van der Waals surface area contributed by atoms with Crippen LogP contribution in [0.3, 0.4) is 0 Å². The number of hydrogen-bond acceptors (Lipinski definition) is 5. The van der Waals surface area contributed by atoms with Crippen molar-refractivity contribution in [1.82, 2.24) is 9.71 Å². The van der Waals surface area contributed by atoms with Gasteiger partial charge in [0.1, 0.15) is 16.5 Å². The van der Waals surface area contributed by atoms with Crippen LogP contribution in [0.2, 0.25) is 0 Å². The second-order valence-electron chi connectivity index (χ2n) is 6.46. The van der Waals surface area contributed by atoms with Crippen LogP contribution in [0.15, 0.2) is 47.5 Å². The maximum atomic E-state index is 11.7. The monoisotopic (exact) mass is 375 g/mol. The first-order valence-corrected chi connectivity index (χ1v) is 10.4. The van der Waals surface area contributed by atoms with Crippen LogP contribution in [0.25, 0.3) is 0 Å². The van der Waals surface area contributed by atoms with Gasteiger partial charge in [-0.3, -0.25) is 0 Å². The van der Waals surface area contributed by atoms with Crippen LogP contribution in [0.1, 0.15) is 37.7 Å². The summed E-state index contributed by atoms with van der Waals surface area (Å²) < 4.78 is 31.7. The summed E-state index contributed by atoms with van der Waals surface area (Å²) in [4.78, 5) is 4.30. The van der Waals surface area contributed by atoms with Crippen LogP contribution in [-0.2, 0) is 16.6 Å². The number of sulfonamides is 1. The molecule has 0 spiro atoms. The third kappa shape index (κ3) is 4.95. The summed E-state index contributed by atoms with van der Waals surface area (Å²) >= 11 is 0. The lowest BCUT2D eigenvalue weighted by atomic mass is 9.98. The Kier molecular flexibility index (Phi) is 6.11. The number of nitrogens with zero attached hydrogens (tertiary/aromatic N) is 1. The largest absolute Gasteiger partial charge is 0.490 e. The number of hydrogen-bond donors (Lipinski definition) is 2. The van der Waals surface area contributed by atoms with E-state index >= 15 is 0 Å². The molecule has 0 unspecified atom stereocenters. The highest BCUT2D eigenvalue weighted by Crippen LogP contribution is 2.23. The van der Waals surface area contributed by atoms with Crippen LogP contribution in [0.4, 0.5) is 5.82 Å². The fraction of sp³-hybridized carbons (Fsp3) is 0.421. The Hall–Kier alpha value is -2.12. The molecule has 2 N–H and O–H groups in total. The van der Waals surface area contributed by atoms with Gasteiger partial charge in [-0.1, -0.05) is 18.6 Å². The van der Waals surface area contributed by atoms with Crippen molar-refractivity contribution in [2.24, 2.45) is 0 Å². The molecule has 0 amide bonds. The Balaban J connectivity index is 1.53. The molecule has 1 heterocycles. The van der Waals surface area contributed by atoms with Gasteiger partial charge in [-0.2, -0.15) is 0 Å². The molecule has 26 heavy (non-hydrogen) atoms. The van der Waals surface area contributed by atoms with Crippen molar-refractivity contribution in [3.8, 4) is 5.75 Å². The first-order chi connectivity index (χ1) is 12.6. The fourth-order valence-corrected chi connectivity index (χ4v) is 3.69. The van der Waals surface area contributed by atoms with E-state index in [4.69, 9.17) is 4.74 Å². The van der Waals surface area contributed by atoms with Gasteiger partial charge in [-0.15, -0.1) is 0 Å². The molecule has 7 heteroatoms. The molecule has 1 fully saturated rings. The molecule has 0 aliphatic heterocycles. The van der Waals surface area contributed by atoms with Crippen molar-refractivity contribution in [2.45, 2.75) is 49.6 Å².